The number of phenolic OH excluding ortho intramolecular Hbond substituents is 2. The predicted molar refractivity (Wildman–Crippen MR) is 42.8 cm³/mol. The van der Waals surface area contributed by atoms with Crippen LogP contribution in [0.15, 0.2) is 6.07 Å². The van der Waals surface area contributed by atoms with Crippen molar-refractivity contribution in [3.05, 3.63) is 11.6 Å². The normalized spacial score (nSPS) is 9.85. The molecular formula is C7H7NO5. The number of hydrogen-bond acceptors (Lipinski definition) is 5. The van der Waals surface area contributed by atoms with Crippen LogP contribution in [-0.2, 0) is 0 Å². The summed E-state index contributed by atoms with van der Waals surface area (Å²) in [5.74, 6) is -3.60. The molecule has 0 aliphatic rings. The van der Waals surface area contributed by atoms with E-state index in [4.69, 9.17) is 26.2 Å². The van der Waals surface area contributed by atoms with E-state index in [1.165, 1.54) is 0 Å². The van der Waals surface area contributed by atoms with Crippen LogP contribution in [0.3, 0.4) is 0 Å². The predicted octanol–water partition coefficient (Wildman–Crippen LogP) is 0.0838. The molecule has 1 aromatic carbocycles. The van der Waals surface area contributed by atoms with Gasteiger partial charge in [-0.25, -0.2) is 4.79 Å². The summed E-state index contributed by atoms with van der Waals surface area (Å²) in [5, 5.41) is 35.5. The standard InChI is InChI=1S/C7H7NO5/c8-5-4(7(12)13)2(9)1-3(10)6(5)11/h1,9-11H,8H2,(H,12,13). The second kappa shape index (κ2) is 2.74. The molecule has 0 heterocycles. The van der Waals surface area contributed by atoms with Crippen molar-refractivity contribution < 1.29 is 25.2 Å². The molecule has 0 amide bonds. The van der Waals surface area contributed by atoms with Gasteiger partial charge in [-0.3, -0.25) is 0 Å². The van der Waals surface area contributed by atoms with E-state index >= 15 is 0 Å². The van der Waals surface area contributed by atoms with Crippen molar-refractivity contribution in [2.24, 2.45) is 0 Å². The summed E-state index contributed by atoms with van der Waals surface area (Å²) >= 11 is 0. The number of carbonyl (C=O) groups is 1. The monoisotopic (exact) mass is 185 g/mol. The molecule has 1 rings (SSSR count). The summed E-state index contributed by atoms with van der Waals surface area (Å²) in [7, 11) is 0. The molecule has 0 bridgehead atoms. The average molecular weight is 185 g/mol. The maximum Gasteiger partial charge on any atom is 0.341 e. The minimum absolute atomic E-state index is 0.565. The fourth-order valence-corrected chi connectivity index (χ4v) is 0.889. The van der Waals surface area contributed by atoms with Gasteiger partial charge >= 0.3 is 5.97 Å². The number of benzene rings is 1. The number of anilines is 1. The van der Waals surface area contributed by atoms with E-state index in [9.17, 15) is 4.79 Å². The molecule has 0 fully saturated rings. The number of aromatic carboxylic acids is 1. The third-order valence-corrected chi connectivity index (χ3v) is 1.51. The van der Waals surface area contributed by atoms with Crippen LogP contribution < -0.4 is 5.73 Å². The summed E-state index contributed by atoms with van der Waals surface area (Å²) in [6.07, 6.45) is 0. The smallest absolute Gasteiger partial charge is 0.341 e. The zero-order valence-electron chi connectivity index (χ0n) is 6.35. The third kappa shape index (κ3) is 1.28. The van der Waals surface area contributed by atoms with Crippen molar-refractivity contribution in [1.82, 2.24) is 0 Å². The van der Waals surface area contributed by atoms with E-state index in [0.717, 1.165) is 0 Å². The van der Waals surface area contributed by atoms with Crippen molar-refractivity contribution in [3.8, 4) is 17.2 Å². The van der Waals surface area contributed by atoms with E-state index in [-0.39, 0.29) is 0 Å². The van der Waals surface area contributed by atoms with Crippen molar-refractivity contribution in [3.63, 3.8) is 0 Å². The van der Waals surface area contributed by atoms with Crippen LogP contribution in [0.2, 0.25) is 0 Å². The second-order valence-corrected chi connectivity index (χ2v) is 2.36. The summed E-state index contributed by atoms with van der Waals surface area (Å²) in [6.45, 7) is 0. The van der Waals surface area contributed by atoms with E-state index in [1.807, 2.05) is 0 Å². The van der Waals surface area contributed by atoms with Crippen LogP contribution in [0.5, 0.6) is 17.2 Å². The molecule has 0 atom stereocenters. The Morgan fingerprint density at radius 2 is 1.77 bits per heavy atom. The lowest BCUT2D eigenvalue weighted by Gasteiger charge is -2.06. The summed E-state index contributed by atoms with van der Waals surface area (Å²) in [4.78, 5) is 10.5. The molecule has 0 aliphatic carbocycles. The second-order valence-electron chi connectivity index (χ2n) is 2.36. The lowest BCUT2D eigenvalue weighted by atomic mass is 10.1. The first kappa shape index (κ1) is 8.98. The largest absolute Gasteiger partial charge is 0.507 e. The van der Waals surface area contributed by atoms with Gasteiger partial charge < -0.3 is 26.2 Å². The van der Waals surface area contributed by atoms with Gasteiger partial charge in [0.15, 0.2) is 11.5 Å². The first-order chi connectivity index (χ1) is 5.95. The van der Waals surface area contributed by atoms with Gasteiger partial charge in [0.05, 0.1) is 5.69 Å². The zero-order chi connectivity index (χ0) is 10.2. The first-order valence-electron chi connectivity index (χ1n) is 3.21. The highest BCUT2D eigenvalue weighted by atomic mass is 16.4. The Balaban J connectivity index is 3.53. The van der Waals surface area contributed by atoms with Gasteiger partial charge in [0.1, 0.15) is 11.3 Å². The highest BCUT2D eigenvalue weighted by Crippen LogP contribution is 2.39. The van der Waals surface area contributed by atoms with Gasteiger partial charge in [-0.2, -0.15) is 0 Å². The Morgan fingerprint density at radius 1 is 1.23 bits per heavy atom. The fourth-order valence-electron chi connectivity index (χ4n) is 0.889. The molecule has 1 aromatic rings. The molecule has 0 aliphatic heterocycles. The molecule has 0 spiro atoms. The molecule has 0 unspecified atom stereocenters. The number of rotatable bonds is 1. The van der Waals surface area contributed by atoms with Gasteiger partial charge in [-0.1, -0.05) is 0 Å². The lowest BCUT2D eigenvalue weighted by Crippen LogP contribution is -2.02. The van der Waals surface area contributed by atoms with Crippen molar-refractivity contribution in [2.75, 3.05) is 5.73 Å². The Kier molecular flexibility index (Phi) is 1.89. The number of hydrogen-bond donors (Lipinski definition) is 5. The number of phenols is 3. The minimum Gasteiger partial charge on any atom is -0.507 e. The van der Waals surface area contributed by atoms with Crippen LogP contribution >= 0.6 is 0 Å². The topological polar surface area (TPSA) is 124 Å². The zero-order valence-corrected chi connectivity index (χ0v) is 6.35. The number of carboxylic acids is 1. The van der Waals surface area contributed by atoms with E-state index in [0.29, 0.717) is 6.07 Å². The quantitative estimate of drug-likeness (QED) is 0.240. The Bertz CT molecular complexity index is 374. The molecule has 6 nitrogen and oxygen atoms in total. The van der Waals surface area contributed by atoms with E-state index < -0.39 is 34.5 Å². The molecule has 6 N–H and O–H groups in total. The lowest BCUT2D eigenvalue weighted by molar-refractivity contribution is 0.0694. The molecular weight excluding hydrogens is 178 g/mol. The van der Waals surface area contributed by atoms with Crippen LogP contribution in [-0.4, -0.2) is 26.4 Å². The molecule has 0 radical (unpaired) electrons. The third-order valence-electron chi connectivity index (χ3n) is 1.51. The minimum atomic E-state index is -1.48. The van der Waals surface area contributed by atoms with Gasteiger partial charge in [-0.15, -0.1) is 0 Å². The van der Waals surface area contributed by atoms with Crippen LogP contribution in [0, 0.1) is 0 Å². The Hall–Kier alpha value is -2.11. The molecule has 13 heavy (non-hydrogen) atoms. The maximum absolute atomic E-state index is 10.5. The number of carboxylic acid groups (broad SMARTS) is 1. The summed E-state index contributed by atoms with van der Waals surface area (Å²) in [6, 6.07) is 0.704. The molecule has 70 valence electrons. The highest BCUT2D eigenvalue weighted by Gasteiger charge is 2.19. The molecule has 0 saturated carbocycles. The Morgan fingerprint density at radius 3 is 2.23 bits per heavy atom. The average Bonchev–Trinajstić information content (AvgIpc) is 1.99. The van der Waals surface area contributed by atoms with Gasteiger partial charge in [0.25, 0.3) is 0 Å². The van der Waals surface area contributed by atoms with Crippen LogP contribution in [0.4, 0.5) is 5.69 Å². The first-order valence-corrected chi connectivity index (χ1v) is 3.21. The SMILES string of the molecule is Nc1c(O)c(O)cc(O)c1C(=O)O. The number of aromatic hydroxyl groups is 3. The molecule has 0 aromatic heterocycles. The van der Waals surface area contributed by atoms with Crippen LogP contribution in [0.1, 0.15) is 10.4 Å². The van der Waals surface area contributed by atoms with Crippen molar-refractivity contribution >= 4 is 11.7 Å². The number of nitrogen functional groups attached to an aromatic ring is 1. The van der Waals surface area contributed by atoms with Crippen molar-refractivity contribution in [2.45, 2.75) is 0 Å². The van der Waals surface area contributed by atoms with Crippen molar-refractivity contribution in [1.29, 1.82) is 0 Å². The molecule has 6 heteroatoms. The summed E-state index contributed by atoms with van der Waals surface area (Å²) in [5.41, 5.74) is 3.94. The van der Waals surface area contributed by atoms with E-state index in [1.54, 1.807) is 0 Å². The summed E-state index contributed by atoms with van der Waals surface area (Å²) < 4.78 is 0. The Labute approximate surface area is 72.5 Å². The van der Waals surface area contributed by atoms with E-state index in [2.05, 4.69) is 0 Å². The van der Waals surface area contributed by atoms with Gasteiger partial charge in [0.2, 0.25) is 0 Å². The van der Waals surface area contributed by atoms with Gasteiger partial charge in [0, 0.05) is 6.07 Å². The fraction of sp³-hybridized carbons (Fsp3) is 0. The van der Waals surface area contributed by atoms with Crippen LogP contribution in [0.25, 0.3) is 0 Å². The number of nitrogens with two attached hydrogens (primary N) is 1. The highest BCUT2D eigenvalue weighted by molar-refractivity contribution is 5.99. The molecule has 0 saturated heterocycles. The maximum atomic E-state index is 10.5. The van der Waals surface area contributed by atoms with Gasteiger partial charge in [-0.05, 0) is 0 Å².